The van der Waals surface area contributed by atoms with Crippen LogP contribution in [-0.4, -0.2) is 52.0 Å². The van der Waals surface area contributed by atoms with Gasteiger partial charge in [-0.15, -0.1) is 11.3 Å². The number of hydrogen-bond acceptors (Lipinski definition) is 8. The van der Waals surface area contributed by atoms with Crippen molar-refractivity contribution in [3.63, 3.8) is 0 Å². The van der Waals surface area contributed by atoms with Gasteiger partial charge in [0.2, 0.25) is 5.43 Å². The highest BCUT2D eigenvalue weighted by molar-refractivity contribution is 7.09. The highest BCUT2D eigenvalue weighted by Gasteiger charge is 2.20. The first-order chi connectivity index (χ1) is 16.1. The number of fused-ring (bicyclic) bond motifs is 1. The van der Waals surface area contributed by atoms with Crippen molar-refractivity contribution >= 4 is 39.8 Å². The molecule has 4 heterocycles. The maximum Gasteiger partial charge on any atom is 0.511 e. The summed E-state index contributed by atoms with van der Waals surface area (Å²) in [6.45, 7) is 3.83. The molecule has 0 radical (unpaired) electrons. The Morgan fingerprint density at radius 2 is 1.76 bits per heavy atom. The first kappa shape index (κ1) is 21.0. The maximum absolute atomic E-state index is 12.9. The molecule has 9 nitrogen and oxygen atoms in total. The van der Waals surface area contributed by atoms with E-state index in [1.54, 1.807) is 24.7 Å². The van der Waals surface area contributed by atoms with Gasteiger partial charge in [-0.25, -0.2) is 9.78 Å². The van der Waals surface area contributed by atoms with E-state index in [1.165, 1.54) is 17.5 Å². The number of anilines is 2. The topological polar surface area (TPSA) is 101 Å². The SMILES string of the molecule is O=C(O)Oc1cn(Cc2nccs2)c2cc(N3CCN(c4ccncc4)CC3)ccc2c1=O. The number of benzene rings is 1. The molecule has 1 fully saturated rings. The number of aromatic nitrogens is 3. The number of carbonyl (C=O) groups is 1. The predicted octanol–water partition coefficient (Wildman–Crippen LogP) is 3.28. The molecule has 33 heavy (non-hydrogen) atoms. The minimum Gasteiger partial charge on any atom is -0.449 e. The summed E-state index contributed by atoms with van der Waals surface area (Å²) in [5.41, 5.74) is 2.43. The van der Waals surface area contributed by atoms with E-state index in [-0.39, 0.29) is 5.75 Å². The third-order valence-electron chi connectivity index (χ3n) is 5.69. The zero-order chi connectivity index (χ0) is 22.8. The molecule has 10 heteroatoms. The van der Waals surface area contributed by atoms with E-state index in [2.05, 4.69) is 19.8 Å². The maximum atomic E-state index is 12.9. The van der Waals surface area contributed by atoms with Crippen LogP contribution in [0.4, 0.5) is 16.2 Å². The number of piperazine rings is 1. The van der Waals surface area contributed by atoms with Crippen molar-refractivity contribution in [1.29, 1.82) is 0 Å². The van der Waals surface area contributed by atoms with Crippen LogP contribution < -0.4 is 20.0 Å². The Kier molecular flexibility index (Phi) is 5.66. The molecule has 0 amide bonds. The molecular weight excluding hydrogens is 442 g/mol. The van der Waals surface area contributed by atoms with Gasteiger partial charge >= 0.3 is 6.16 Å². The van der Waals surface area contributed by atoms with Crippen molar-refractivity contribution in [2.24, 2.45) is 0 Å². The van der Waals surface area contributed by atoms with Crippen LogP contribution in [0.5, 0.6) is 5.75 Å². The van der Waals surface area contributed by atoms with E-state index < -0.39 is 11.6 Å². The van der Waals surface area contributed by atoms with Crippen LogP contribution in [0, 0.1) is 0 Å². The number of carboxylic acid groups (broad SMARTS) is 1. The van der Waals surface area contributed by atoms with E-state index in [0.717, 1.165) is 42.6 Å². The monoisotopic (exact) mass is 463 g/mol. The fourth-order valence-electron chi connectivity index (χ4n) is 4.10. The molecule has 1 aromatic carbocycles. The van der Waals surface area contributed by atoms with E-state index >= 15 is 0 Å². The van der Waals surface area contributed by atoms with Crippen molar-refractivity contribution < 1.29 is 14.6 Å². The molecule has 1 N–H and O–H groups in total. The quantitative estimate of drug-likeness (QED) is 0.450. The van der Waals surface area contributed by atoms with Crippen molar-refractivity contribution in [2.75, 3.05) is 36.0 Å². The van der Waals surface area contributed by atoms with Crippen LogP contribution in [0.15, 0.2) is 65.3 Å². The standard InChI is InChI=1S/C23H21N5O4S/c29-22-18-2-1-17(27-10-8-26(9-11-27)16-3-5-24-6-4-16)13-19(18)28(14-20(22)32-23(30)31)15-21-25-7-12-33-21/h1-7,12-14H,8-11,15H2,(H,30,31). The minimum atomic E-state index is -1.52. The number of thiazole rings is 1. The summed E-state index contributed by atoms with van der Waals surface area (Å²) in [5.74, 6) is -0.217. The molecule has 0 spiro atoms. The number of hydrogen-bond donors (Lipinski definition) is 1. The lowest BCUT2D eigenvalue weighted by atomic mass is 10.1. The smallest absolute Gasteiger partial charge is 0.449 e. The molecule has 3 aromatic heterocycles. The Hall–Kier alpha value is -3.92. The van der Waals surface area contributed by atoms with Crippen LogP contribution >= 0.6 is 11.3 Å². The van der Waals surface area contributed by atoms with Gasteiger partial charge in [0.1, 0.15) is 5.01 Å². The number of ether oxygens (including phenoxy) is 1. The van der Waals surface area contributed by atoms with Crippen molar-refractivity contribution in [3.8, 4) is 5.75 Å². The van der Waals surface area contributed by atoms with Crippen LogP contribution in [0.3, 0.4) is 0 Å². The lowest BCUT2D eigenvalue weighted by molar-refractivity contribution is 0.144. The third kappa shape index (κ3) is 4.37. The molecular formula is C23H21N5O4S. The minimum absolute atomic E-state index is 0.217. The first-order valence-electron chi connectivity index (χ1n) is 10.4. The summed E-state index contributed by atoms with van der Waals surface area (Å²) in [6, 6.07) is 9.66. The molecule has 0 bridgehead atoms. The van der Waals surface area contributed by atoms with Gasteiger partial charge in [0.05, 0.1) is 18.3 Å². The zero-order valence-corrected chi connectivity index (χ0v) is 18.4. The highest BCUT2D eigenvalue weighted by Crippen LogP contribution is 2.26. The largest absolute Gasteiger partial charge is 0.511 e. The van der Waals surface area contributed by atoms with Crippen LogP contribution in [-0.2, 0) is 6.54 Å². The molecule has 0 saturated carbocycles. The van der Waals surface area contributed by atoms with E-state index in [1.807, 2.05) is 34.2 Å². The average molecular weight is 464 g/mol. The number of pyridine rings is 2. The Morgan fingerprint density at radius 3 is 2.42 bits per heavy atom. The van der Waals surface area contributed by atoms with Crippen molar-refractivity contribution in [2.45, 2.75) is 6.54 Å². The van der Waals surface area contributed by atoms with Gasteiger partial charge in [-0.05, 0) is 30.3 Å². The van der Waals surface area contributed by atoms with E-state index in [4.69, 9.17) is 9.84 Å². The van der Waals surface area contributed by atoms with E-state index in [0.29, 0.717) is 17.4 Å². The number of nitrogens with zero attached hydrogens (tertiary/aromatic N) is 5. The molecule has 0 unspecified atom stereocenters. The molecule has 168 valence electrons. The Morgan fingerprint density at radius 1 is 1.03 bits per heavy atom. The van der Waals surface area contributed by atoms with Gasteiger partial charge in [-0.2, -0.15) is 0 Å². The highest BCUT2D eigenvalue weighted by atomic mass is 32.1. The lowest BCUT2D eigenvalue weighted by Gasteiger charge is -2.37. The molecule has 0 aliphatic carbocycles. The second-order valence-electron chi connectivity index (χ2n) is 7.63. The molecule has 1 saturated heterocycles. The van der Waals surface area contributed by atoms with Crippen LogP contribution in [0.2, 0.25) is 0 Å². The van der Waals surface area contributed by atoms with Gasteiger partial charge in [0.15, 0.2) is 5.75 Å². The Balaban J connectivity index is 1.47. The summed E-state index contributed by atoms with van der Waals surface area (Å²) in [5, 5.41) is 12.2. The molecule has 1 aliphatic heterocycles. The molecule has 5 rings (SSSR count). The van der Waals surface area contributed by atoms with Gasteiger partial charge in [-0.1, -0.05) is 0 Å². The van der Waals surface area contributed by atoms with Gasteiger partial charge < -0.3 is 24.2 Å². The normalized spacial score (nSPS) is 13.9. The Bertz CT molecular complexity index is 1330. The summed E-state index contributed by atoms with van der Waals surface area (Å²) in [6.07, 6.45) is 5.25. The second-order valence-corrected chi connectivity index (χ2v) is 8.60. The fourth-order valence-corrected chi connectivity index (χ4v) is 4.72. The molecule has 1 aliphatic rings. The lowest BCUT2D eigenvalue weighted by Crippen LogP contribution is -2.46. The average Bonchev–Trinajstić information content (AvgIpc) is 3.35. The van der Waals surface area contributed by atoms with Crippen LogP contribution in [0.25, 0.3) is 10.9 Å². The summed E-state index contributed by atoms with van der Waals surface area (Å²) < 4.78 is 6.58. The summed E-state index contributed by atoms with van der Waals surface area (Å²) >= 11 is 1.49. The van der Waals surface area contributed by atoms with Gasteiger partial charge in [0.25, 0.3) is 0 Å². The first-order valence-corrected chi connectivity index (χ1v) is 11.3. The van der Waals surface area contributed by atoms with Gasteiger partial charge in [-0.3, -0.25) is 9.78 Å². The Labute approximate surface area is 193 Å². The van der Waals surface area contributed by atoms with Crippen LogP contribution in [0.1, 0.15) is 5.01 Å². The fraction of sp³-hybridized carbons (Fsp3) is 0.217. The predicted molar refractivity (Wildman–Crippen MR) is 127 cm³/mol. The molecule has 0 atom stereocenters. The number of rotatable bonds is 5. The zero-order valence-electron chi connectivity index (χ0n) is 17.6. The van der Waals surface area contributed by atoms with Crippen molar-refractivity contribution in [1.82, 2.24) is 14.5 Å². The third-order valence-corrected chi connectivity index (χ3v) is 6.46. The summed E-state index contributed by atoms with van der Waals surface area (Å²) in [4.78, 5) is 37.0. The van der Waals surface area contributed by atoms with Crippen molar-refractivity contribution in [3.05, 3.63) is 75.7 Å². The van der Waals surface area contributed by atoms with E-state index in [9.17, 15) is 9.59 Å². The second kappa shape index (κ2) is 8.91. The summed E-state index contributed by atoms with van der Waals surface area (Å²) in [7, 11) is 0. The molecule has 4 aromatic rings. The van der Waals surface area contributed by atoms with Gasteiger partial charge in [0, 0.05) is 66.9 Å².